The van der Waals surface area contributed by atoms with Gasteiger partial charge in [-0.25, -0.2) is 0 Å². The second kappa shape index (κ2) is 7.67. The number of rotatable bonds is 6. The topological polar surface area (TPSA) is 83.8 Å². The van der Waals surface area contributed by atoms with E-state index in [0.29, 0.717) is 16.7 Å². The van der Waals surface area contributed by atoms with Crippen molar-refractivity contribution in [3.63, 3.8) is 0 Å². The molecule has 0 spiro atoms. The molecule has 0 fully saturated rings. The second-order valence-corrected chi connectivity index (χ2v) is 5.11. The normalized spacial score (nSPS) is 13.2. The van der Waals surface area contributed by atoms with Crippen LogP contribution in [0.15, 0.2) is 54.6 Å². The number of carbonyl (C=O) groups excluding carboxylic acids is 2. The first kappa shape index (κ1) is 16.9. The summed E-state index contributed by atoms with van der Waals surface area (Å²) in [6, 6.07) is 15.1. The van der Waals surface area contributed by atoms with Crippen molar-refractivity contribution >= 4 is 11.8 Å². The molecule has 120 valence electrons. The summed E-state index contributed by atoms with van der Waals surface area (Å²) in [4.78, 5) is 23.4. The number of aliphatic hydroxyl groups is 2. The molecule has 0 aromatic heterocycles. The van der Waals surface area contributed by atoms with Crippen LogP contribution in [0, 0.1) is 0 Å². The third kappa shape index (κ3) is 4.25. The highest BCUT2D eigenvalue weighted by atomic mass is 16.5. The molecule has 0 saturated heterocycles. The average Bonchev–Trinajstić information content (AvgIpc) is 2.61. The number of aliphatic hydroxyl groups excluding tert-OH is 2. The monoisotopic (exact) mass is 314 g/mol. The van der Waals surface area contributed by atoms with Crippen molar-refractivity contribution < 1.29 is 24.5 Å². The molecule has 0 amide bonds. The van der Waals surface area contributed by atoms with Crippen molar-refractivity contribution in [1.29, 1.82) is 0 Å². The fraction of sp³-hybridized carbons (Fsp3) is 0.222. The van der Waals surface area contributed by atoms with E-state index in [0.717, 1.165) is 0 Å². The van der Waals surface area contributed by atoms with Gasteiger partial charge in [-0.3, -0.25) is 9.59 Å². The van der Waals surface area contributed by atoms with Crippen molar-refractivity contribution in [2.75, 3.05) is 7.11 Å². The number of esters is 1. The van der Waals surface area contributed by atoms with Crippen LogP contribution in [-0.2, 0) is 9.53 Å². The van der Waals surface area contributed by atoms with Crippen molar-refractivity contribution in [3.8, 4) is 0 Å². The van der Waals surface area contributed by atoms with Crippen LogP contribution in [0.5, 0.6) is 0 Å². The van der Waals surface area contributed by atoms with Gasteiger partial charge >= 0.3 is 5.97 Å². The van der Waals surface area contributed by atoms with Gasteiger partial charge < -0.3 is 14.9 Å². The summed E-state index contributed by atoms with van der Waals surface area (Å²) in [6.45, 7) is 0. The Bertz CT molecular complexity index is 664. The molecule has 0 aliphatic heterocycles. The molecule has 0 bridgehead atoms. The van der Waals surface area contributed by atoms with Gasteiger partial charge in [0.1, 0.15) is 6.10 Å². The van der Waals surface area contributed by atoms with Gasteiger partial charge in [0, 0.05) is 11.1 Å². The number of ketones is 1. The Kier molecular flexibility index (Phi) is 5.62. The molecular formula is C18H18O5. The van der Waals surface area contributed by atoms with Crippen LogP contribution >= 0.6 is 0 Å². The van der Waals surface area contributed by atoms with Gasteiger partial charge in [-0.1, -0.05) is 54.6 Å². The Morgan fingerprint density at radius 1 is 0.957 bits per heavy atom. The van der Waals surface area contributed by atoms with E-state index in [9.17, 15) is 19.8 Å². The zero-order valence-corrected chi connectivity index (χ0v) is 12.7. The van der Waals surface area contributed by atoms with E-state index in [1.54, 1.807) is 48.5 Å². The summed E-state index contributed by atoms with van der Waals surface area (Å²) in [5, 5.41) is 19.8. The molecule has 5 heteroatoms. The Balaban J connectivity index is 2.10. The van der Waals surface area contributed by atoms with Gasteiger partial charge in [-0.15, -0.1) is 0 Å². The molecule has 2 rings (SSSR count). The van der Waals surface area contributed by atoms with Crippen LogP contribution in [0.4, 0.5) is 0 Å². The minimum atomic E-state index is -1.27. The number of methoxy groups -OCH3 is 1. The van der Waals surface area contributed by atoms with E-state index < -0.39 is 18.2 Å². The third-order valence-electron chi connectivity index (χ3n) is 3.52. The van der Waals surface area contributed by atoms with Crippen LogP contribution in [0.25, 0.3) is 0 Å². The molecule has 0 aliphatic rings. The van der Waals surface area contributed by atoms with Crippen LogP contribution in [0.2, 0.25) is 0 Å². The number of carbonyl (C=O) groups is 2. The molecule has 0 heterocycles. The first-order valence-corrected chi connectivity index (χ1v) is 7.15. The maximum Gasteiger partial charge on any atom is 0.308 e. The van der Waals surface area contributed by atoms with E-state index >= 15 is 0 Å². The maximum atomic E-state index is 12.3. The fourth-order valence-corrected chi connectivity index (χ4v) is 2.18. The second-order valence-electron chi connectivity index (χ2n) is 5.11. The van der Waals surface area contributed by atoms with E-state index in [1.165, 1.54) is 7.11 Å². The minimum Gasteiger partial charge on any atom is -0.469 e. The molecule has 2 unspecified atom stereocenters. The first-order valence-electron chi connectivity index (χ1n) is 7.15. The number of benzene rings is 2. The summed E-state index contributed by atoms with van der Waals surface area (Å²) in [5.74, 6) is -0.728. The summed E-state index contributed by atoms with van der Waals surface area (Å²) >= 11 is 0. The third-order valence-corrected chi connectivity index (χ3v) is 3.52. The van der Waals surface area contributed by atoms with Gasteiger partial charge in [0.2, 0.25) is 0 Å². The van der Waals surface area contributed by atoms with E-state index in [-0.39, 0.29) is 12.2 Å². The molecule has 23 heavy (non-hydrogen) atoms. The van der Waals surface area contributed by atoms with E-state index in [4.69, 9.17) is 0 Å². The zero-order chi connectivity index (χ0) is 16.8. The molecule has 2 aromatic rings. The van der Waals surface area contributed by atoms with Crippen LogP contribution < -0.4 is 0 Å². The highest BCUT2D eigenvalue weighted by Gasteiger charge is 2.22. The van der Waals surface area contributed by atoms with Crippen LogP contribution in [0.3, 0.4) is 0 Å². The lowest BCUT2D eigenvalue weighted by atomic mass is 9.98. The van der Waals surface area contributed by atoms with E-state index in [2.05, 4.69) is 4.74 Å². The molecule has 2 N–H and O–H groups in total. The molecule has 2 atom stereocenters. The molecular weight excluding hydrogens is 296 g/mol. The van der Waals surface area contributed by atoms with Crippen molar-refractivity contribution in [1.82, 2.24) is 0 Å². The lowest BCUT2D eigenvalue weighted by Crippen LogP contribution is -2.22. The first-order chi connectivity index (χ1) is 11.0. The molecule has 0 radical (unpaired) electrons. The zero-order valence-electron chi connectivity index (χ0n) is 12.7. The van der Waals surface area contributed by atoms with Gasteiger partial charge in [0.25, 0.3) is 0 Å². The van der Waals surface area contributed by atoms with Crippen LogP contribution in [-0.4, -0.2) is 35.2 Å². The largest absolute Gasteiger partial charge is 0.469 e. The summed E-state index contributed by atoms with van der Waals surface area (Å²) in [7, 11) is 1.21. The lowest BCUT2D eigenvalue weighted by Gasteiger charge is -2.17. The van der Waals surface area contributed by atoms with Crippen molar-refractivity contribution in [3.05, 3.63) is 71.3 Å². The Hall–Kier alpha value is -2.50. The van der Waals surface area contributed by atoms with Crippen LogP contribution in [0.1, 0.15) is 34.0 Å². The predicted octanol–water partition coefficient (Wildman–Crippen LogP) is 1.88. The summed E-state index contributed by atoms with van der Waals surface area (Å²) in [6.07, 6.45) is -2.80. The van der Waals surface area contributed by atoms with Gasteiger partial charge in [-0.05, 0) is 5.56 Å². The Labute approximate surface area is 134 Å². The summed E-state index contributed by atoms with van der Waals surface area (Å²) in [5.41, 5.74) is 1.48. The summed E-state index contributed by atoms with van der Waals surface area (Å²) < 4.78 is 4.45. The highest BCUT2D eigenvalue weighted by molar-refractivity contribution is 6.08. The van der Waals surface area contributed by atoms with E-state index in [1.807, 2.05) is 6.07 Å². The Morgan fingerprint density at radius 3 is 2.09 bits per heavy atom. The smallest absolute Gasteiger partial charge is 0.308 e. The SMILES string of the molecule is COC(=O)CC(O)C(O)c1ccc(C(=O)c2ccccc2)cc1. The Morgan fingerprint density at radius 2 is 1.52 bits per heavy atom. The van der Waals surface area contributed by atoms with Crippen molar-refractivity contribution in [2.45, 2.75) is 18.6 Å². The number of ether oxygens (including phenoxy) is 1. The van der Waals surface area contributed by atoms with Crippen molar-refractivity contribution in [2.24, 2.45) is 0 Å². The van der Waals surface area contributed by atoms with Gasteiger partial charge in [0.05, 0.1) is 19.6 Å². The minimum absolute atomic E-state index is 0.123. The average molecular weight is 314 g/mol. The predicted molar refractivity (Wildman–Crippen MR) is 83.9 cm³/mol. The number of hydrogen-bond acceptors (Lipinski definition) is 5. The molecule has 5 nitrogen and oxygen atoms in total. The maximum absolute atomic E-state index is 12.3. The lowest BCUT2D eigenvalue weighted by molar-refractivity contribution is -0.144. The standard InChI is InChI=1S/C18H18O5/c1-23-16(20)11-15(19)18(22)14-9-7-13(8-10-14)17(21)12-5-3-2-4-6-12/h2-10,15,18-19,22H,11H2,1H3. The quantitative estimate of drug-likeness (QED) is 0.628. The molecule has 0 saturated carbocycles. The molecule has 0 aliphatic carbocycles. The molecule has 2 aromatic carbocycles. The highest BCUT2D eigenvalue weighted by Crippen LogP contribution is 2.21. The number of hydrogen-bond donors (Lipinski definition) is 2. The van der Waals surface area contributed by atoms with Gasteiger partial charge in [-0.2, -0.15) is 0 Å². The fourth-order valence-electron chi connectivity index (χ4n) is 2.18. The van der Waals surface area contributed by atoms with Gasteiger partial charge in [0.15, 0.2) is 5.78 Å².